The molecule has 2 unspecified atom stereocenters. The molecule has 1 saturated heterocycles. The van der Waals surface area contributed by atoms with E-state index < -0.39 is 22.0 Å². The molecule has 0 radical (unpaired) electrons. The van der Waals surface area contributed by atoms with Crippen molar-refractivity contribution in [1.29, 1.82) is 0 Å². The molecule has 1 aliphatic rings. The Balaban J connectivity index is 2.34. The Bertz CT molecular complexity index is 267. The maximum atomic E-state index is 11.2. The molecule has 84 valence electrons. The van der Waals surface area contributed by atoms with Gasteiger partial charge in [-0.2, -0.15) is 0 Å². The molecule has 2 atom stereocenters. The quantitative estimate of drug-likeness (QED) is 0.604. The molecule has 0 spiro atoms. The topological polar surface area (TPSA) is 77.8 Å². The van der Waals surface area contributed by atoms with Gasteiger partial charge in [-0.1, -0.05) is 6.92 Å². The van der Waals surface area contributed by atoms with Crippen LogP contribution < -0.4 is 0 Å². The van der Waals surface area contributed by atoms with Gasteiger partial charge >= 0.3 is 0 Å². The van der Waals surface area contributed by atoms with E-state index in [1.165, 1.54) is 0 Å². The van der Waals surface area contributed by atoms with Crippen LogP contribution in [-0.2, 0) is 9.84 Å². The van der Waals surface area contributed by atoms with E-state index in [4.69, 9.17) is 0 Å². The van der Waals surface area contributed by atoms with Crippen molar-refractivity contribution in [3.05, 3.63) is 0 Å². The van der Waals surface area contributed by atoms with Crippen molar-refractivity contribution in [2.75, 3.05) is 31.1 Å². The van der Waals surface area contributed by atoms with E-state index >= 15 is 0 Å². The number of likely N-dealkylation sites (tertiary alicyclic amines) is 1. The number of aliphatic hydroxyl groups excluding tert-OH is 2. The van der Waals surface area contributed by atoms with Gasteiger partial charge in [0, 0.05) is 25.4 Å². The first kappa shape index (κ1) is 11.9. The van der Waals surface area contributed by atoms with Crippen molar-refractivity contribution in [1.82, 2.24) is 4.90 Å². The van der Waals surface area contributed by atoms with Crippen LogP contribution in [0.15, 0.2) is 0 Å². The summed E-state index contributed by atoms with van der Waals surface area (Å²) in [6.07, 6.45) is -1.47. The Morgan fingerprint density at radius 3 is 2.21 bits per heavy atom. The Morgan fingerprint density at radius 1 is 1.29 bits per heavy atom. The minimum atomic E-state index is -2.95. The molecule has 2 N–H and O–H groups in total. The predicted octanol–water partition coefficient (Wildman–Crippen LogP) is -1.54. The van der Waals surface area contributed by atoms with E-state index in [0.717, 1.165) is 0 Å². The number of hydrogen-bond acceptors (Lipinski definition) is 5. The summed E-state index contributed by atoms with van der Waals surface area (Å²) in [5.41, 5.74) is 0. The monoisotopic (exact) mass is 223 g/mol. The molecular formula is C8H17NO4S. The lowest BCUT2D eigenvalue weighted by Gasteiger charge is -2.13. The Morgan fingerprint density at radius 2 is 1.79 bits per heavy atom. The average molecular weight is 223 g/mol. The smallest absolute Gasteiger partial charge is 0.151 e. The van der Waals surface area contributed by atoms with E-state index in [0.29, 0.717) is 19.6 Å². The van der Waals surface area contributed by atoms with Crippen molar-refractivity contribution >= 4 is 9.84 Å². The first-order chi connectivity index (χ1) is 6.44. The largest absolute Gasteiger partial charge is 0.389 e. The van der Waals surface area contributed by atoms with Crippen LogP contribution in [0.25, 0.3) is 0 Å². The molecular weight excluding hydrogens is 206 g/mol. The summed E-state index contributed by atoms with van der Waals surface area (Å²) in [7, 11) is -2.95. The molecule has 0 bridgehead atoms. The van der Waals surface area contributed by atoms with Crippen molar-refractivity contribution in [3.8, 4) is 0 Å². The molecule has 0 aromatic carbocycles. The van der Waals surface area contributed by atoms with Crippen molar-refractivity contribution in [2.45, 2.75) is 19.1 Å². The van der Waals surface area contributed by atoms with Crippen molar-refractivity contribution < 1.29 is 18.6 Å². The first-order valence-electron chi connectivity index (χ1n) is 4.73. The fraction of sp³-hybridized carbons (Fsp3) is 1.00. The van der Waals surface area contributed by atoms with Crippen LogP contribution in [0.4, 0.5) is 0 Å². The molecule has 0 aromatic rings. The van der Waals surface area contributed by atoms with Gasteiger partial charge in [-0.3, -0.25) is 4.90 Å². The van der Waals surface area contributed by atoms with Gasteiger partial charge in [0.2, 0.25) is 0 Å². The lowest BCUT2D eigenvalue weighted by Crippen LogP contribution is -2.29. The highest BCUT2D eigenvalue weighted by Gasteiger charge is 2.29. The van der Waals surface area contributed by atoms with Crippen molar-refractivity contribution in [3.63, 3.8) is 0 Å². The number of nitrogens with zero attached hydrogens (tertiary/aromatic N) is 1. The van der Waals surface area contributed by atoms with Crippen LogP contribution in [0.2, 0.25) is 0 Å². The highest BCUT2D eigenvalue weighted by Crippen LogP contribution is 2.09. The number of aliphatic hydroxyl groups is 2. The molecule has 1 heterocycles. The third kappa shape index (κ3) is 3.20. The SMILES string of the molecule is CCS(=O)(=O)CCN1CC(O)C(O)C1. The van der Waals surface area contributed by atoms with E-state index in [2.05, 4.69) is 0 Å². The van der Waals surface area contributed by atoms with Gasteiger partial charge in [-0.25, -0.2) is 8.42 Å². The Kier molecular flexibility index (Phi) is 3.88. The third-order valence-corrected chi connectivity index (χ3v) is 4.18. The van der Waals surface area contributed by atoms with Gasteiger partial charge in [0.05, 0.1) is 18.0 Å². The van der Waals surface area contributed by atoms with Crippen LogP contribution in [0.5, 0.6) is 0 Å². The average Bonchev–Trinajstić information content (AvgIpc) is 2.44. The zero-order valence-electron chi connectivity index (χ0n) is 8.26. The maximum absolute atomic E-state index is 11.2. The number of β-amino-alcohol motifs (C(OH)–C–C–N with tert-alkyl or cyclic N) is 2. The number of rotatable bonds is 4. The maximum Gasteiger partial charge on any atom is 0.151 e. The van der Waals surface area contributed by atoms with Crippen LogP contribution >= 0.6 is 0 Å². The summed E-state index contributed by atoms with van der Waals surface area (Å²) < 4.78 is 22.3. The molecule has 0 saturated carbocycles. The second-order valence-electron chi connectivity index (χ2n) is 3.63. The standard InChI is InChI=1S/C8H17NO4S/c1-2-14(12,13)4-3-9-5-7(10)8(11)6-9/h7-8,10-11H,2-6H2,1H3. The molecule has 0 amide bonds. The summed E-state index contributed by atoms with van der Waals surface area (Å²) in [6, 6.07) is 0. The zero-order chi connectivity index (χ0) is 10.8. The van der Waals surface area contributed by atoms with Gasteiger partial charge in [-0.15, -0.1) is 0 Å². The fourth-order valence-corrected chi connectivity index (χ4v) is 2.27. The Hall–Kier alpha value is -0.170. The number of sulfone groups is 1. The van der Waals surface area contributed by atoms with Crippen LogP contribution in [0, 0.1) is 0 Å². The predicted molar refractivity (Wildman–Crippen MR) is 52.8 cm³/mol. The molecule has 0 aromatic heterocycles. The van der Waals surface area contributed by atoms with Gasteiger partial charge in [0.15, 0.2) is 9.84 Å². The third-order valence-electron chi connectivity index (χ3n) is 2.49. The fourth-order valence-electron chi connectivity index (χ4n) is 1.44. The van der Waals surface area contributed by atoms with Gasteiger partial charge in [0.25, 0.3) is 0 Å². The van der Waals surface area contributed by atoms with Crippen molar-refractivity contribution in [2.24, 2.45) is 0 Å². The van der Waals surface area contributed by atoms with E-state index in [9.17, 15) is 18.6 Å². The molecule has 1 rings (SSSR count). The second kappa shape index (κ2) is 4.57. The summed E-state index contributed by atoms with van der Waals surface area (Å²) in [4.78, 5) is 1.77. The summed E-state index contributed by atoms with van der Waals surface area (Å²) in [5, 5.41) is 18.4. The normalized spacial score (nSPS) is 29.6. The number of hydrogen-bond donors (Lipinski definition) is 2. The van der Waals surface area contributed by atoms with Crippen LogP contribution in [0.3, 0.4) is 0 Å². The van der Waals surface area contributed by atoms with Gasteiger partial charge < -0.3 is 10.2 Å². The first-order valence-corrected chi connectivity index (χ1v) is 6.55. The highest BCUT2D eigenvalue weighted by molar-refractivity contribution is 7.91. The lowest BCUT2D eigenvalue weighted by molar-refractivity contribution is 0.0572. The van der Waals surface area contributed by atoms with E-state index in [1.807, 2.05) is 0 Å². The molecule has 1 fully saturated rings. The molecule has 1 aliphatic heterocycles. The summed E-state index contributed by atoms with van der Waals surface area (Å²) >= 11 is 0. The molecule has 5 nitrogen and oxygen atoms in total. The lowest BCUT2D eigenvalue weighted by atomic mass is 10.3. The Labute approximate surface area is 84.3 Å². The minimum absolute atomic E-state index is 0.100. The van der Waals surface area contributed by atoms with Crippen LogP contribution in [0.1, 0.15) is 6.92 Å². The molecule has 14 heavy (non-hydrogen) atoms. The van der Waals surface area contributed by atoms with Gasteiger partial charge in [-0.05, 0) is 0 Å². The molecule has 0 aliphatic carbocycles. The van der Waals surface area contributed by atoms with Crippen LogP contribution in [-0.4, -0.2) is 66.9 Å². The minimum Gasteiger partial charge on any atom is -0.389 e. The summed E-state index contributed by atoms with van der Waals surface area (Å²) in [5.74, 6) is 0.245. The van der Waals surface area contributed by atoms with E-state index in [-0.39, 0.29) is 11.5 Å². The highest BCUT2D eigenvalue weighted by atomic mass is 32.2. The second-order valence-corrected chi connectivity index (χ2v) is 6.10. The summed E-state index contributed by atoms with van der Waals surface area (Å²) in [6.45, 7) is 2.73. The van der Waals surface area contributed by atoms with Gasteiger partial charge in [0.1, 0.15) is 0 Å². The molecule has 6 heteroatoms. The zero-order valence-corrected chi connectivity index (χ0v) is 9.07. The van der Waals surface area contributed by atoms with E-state index in [1.54, 1.807) is 11.8 Å².